The molecule has 5 heteroatoms. The van der Waals surface area contributed by atoms with Crippen LogP contribution in [-0.2, 0) is 4.79 Å². The van der Waals surface area contributed by atoms with Crippen LogP contribution < -0.4 is 4.90 Å². The zero-order valence-corrected chi connectivity index (χ0v) is 19.4. The molecule has 0 saturated heterocycles. The van der Waals surface area contributed by atoms with Gasteiger partial charge in [-0.05, 0) is 59.5 Å². The topological polar surface area (TPSA) is 64.3 Å². The van der Waals surface area contributed by atoms with Crippen LogP contribution in [0.15, 0.2) is 115 Å². The Morgan fingerprint density at radius 1 is 0.771 bits per heavy atom. The molecule has 4 nitrogen and oxygen atoms in total. The molecule has 0 fully saturated rings. The van der Waals surface area contributed by atoms with Gasteiger partial charge in [0.05, 0.1) is 5.69 Å². The Labute approximate surface area is 207 Å². The first-order valence-corrected chi connectivity index (χ1v) is 11.8. The highest BCUT2D eigenvalue weighted by Crippen LogP contribution is 2.42. The monoisotopic (exact) mass is 472 g/mol. The number of thiophene rings is 1. The number of hydrogen-bond donors (Lipinski definition) is 1. The molecule has 0 radical (unpaired) electrons. The lowest BCUT2D eigenvalue weighted by molar-refractivity contribution is -0.132. The van der Waals surface area contributed by atoms with Crippen molar-refractivity contribution in [1.82, 2.24) is 0 Å². The highest BCUT2D eigenvalue weighted by Gasteiger charge is 2.17. The molecule has 0 aliphatic rings. The minimum atomic E-state index is -1.22. The van der Waals surface area contributed by atoms with E-state index >= 15 is 0 Å². The smallest absolute Gasteiger partial charge is 0.346 e. The van der Waals surface area contributed by atoms with Gasteiger partial charge in [0.1, 0.15) is 11.6 Å². The Kier molecular flexibility index (Phi) is 6.13. The number of fused-ring (bicyclic) bond motifs is 1. The van der Waals surface area contributed by atoms with E-state index in [2.05, 4.69) is 53.4 Å². The van der Waals surface area contributed by atoms with Gasteiger partial charge in [0.2, 0.25) is 0 Å². The predicted molar refractivity (Wildman–Crippen MR) is 143 cm³/mol. The molecule has 0 amide bonds. The van der Waals surface area contributed by atoms with Crippen LogP contribution in [0.2, 0.25) is 0 Å². The molecule has 5 rings (SSSR count). The largest absolute Gasteiger partial charge is 0.477 e. The predicted octanol–water partition coefficient (Wildman–Crippen LogP) is 8.03. The van der Waals surface area contributed by atoms with Crippen LogP contribution in [-0.4, -0.2) is 11.1 Å². The molecule has 1 aromatic heterocycles. The fraction of sp³-hybridized carbons (Fsp3) is 0. The van der Waals surface area contributed by atoms with E-state index in [1.165, 1.54) is 17.4 Å². The summed E-state index contributed by atoms with van der Waals surface area (Å²) in [5.41, 5.74) is 3.98. The van der Waals surface area contributed by atoms with Crippen LogP contribution in [0.5, 0.6) is 0 Å². The summed E-state index contributed by atoms with van der Waals surface area (Å²) in [7, 11) is 0. The fourth-order valence-corrected chi connectivity index (χ4v) is 5.12. The maximum Gasteiger partial charge on any atom is 0.346 e. The van der Waals surface area contributed by atoms with E-state index in [1.807, 2.05) is 60.7 Å². The number of carbonyl (C=O) groups is 1. The van der Waals surface area contributed by atoms with E-state index in [0.29, 0.717) is 0 Å². The number of para-hydroxylation sites is 2. The number of aliphatic carboxylic acids is 1. The highest BCUT2D eigenvalue weighted by molar-refractivity contribution is 7.16. The maximum absolute atomic E-state index is 11.2. The minimum absolute atomic E-state index is 0.278. The number of carboxylic acid groups (broad SMARTS) is 1. The molecule has 0 saturated carbocycles. The summed E-state index contributed by atoms with van der Waals surface area (Å²) in [6.07, 6.45) is 1.42. The van der Waals surface area contributed by atoms with Crippen molar-refractivity contribution in [1.29, 1.82) is 5.26 Å². The van der Waals surface area contributed by atoms with Gasteiger partial charge in [0.15, 0.2) is 0 Å². The van der Waals surface area contributed by atoms with Crippen molar-refractivity contribution in [2.75, 3.05) is 4.90 Å². The standard InChI is InChI=1S/C30H20N2O2S/c31-20-21(30(33)34)19-24-15-18-29(35-24)27-16-17-28(26-14-8-7-13-25(26)27)32(22-9-3-1-4-10-22)23-11-5-2-6-12-23/h1-19H,(H,33,34)/b21-19+. The Balaban J connectivity index is 1.66. The van der Waals surface area contributed by atoms with E-state index in [9.17, 15) is 9.90 Å². The first-order chi connectivity index (χ1) is 17.2. The van der Waals surface area contributed by atoms with Gasteiger partial charge in [-0.15, -0.1) is 11.3 Å². The van der Waals surface area contributed by atoms with Crippen LogP contribution in [0.4, 0.5) is 17.1 Å². The van der Waals surface area contributed by atoms with Crippen LogP contribution in [0.1, 0.15) is 4.88 Å². The summed E-state index contributed by atoms with van der Waals surface area (Å²) in [5.74, 6) is -1.22. The van der Waals surface area contributed by atoms with Gasteiger partial charge in [-0.3, -0.25) is 0 Å². The Morgan fingerprint density at radius 2 is 1.37 bits per heavy atom. The number of nitrogens with zero attached hydrogens (tertiary/aromatic N) is 2. The van der Waals surface area contributed by atoms with Gasteiger partial charge >= 0.3 is 5.97 Å². The molecule has 168 valence electrons. The van der Waals surface area contributed by atoms with E-state index < -0.39 is 5.97 Å². The van der Waals surface area contributed by atoms with Crippen molar-refractivity contribution in [2.45, 2.75) is 0 Å². The van der Waals surface area contributed by atoms with Gasteiger partial charge in [0, 0.05) is 26.5 Å². The van der Waals surface area contributed by atoms with E-state index in [1.54, 1.807) is 6.07 Å². The molecule has 0 spiro atoms. The summed E-state index contributed by atoms with van der Waals surface area (Å²) in [6, 6.07) is 38.7. The van der Waals surface area contributed by atoms with Crippen molar-refractivity contribution in [3.63, 3.8) is 0 Å². The molecule has 0 aliphatic heterocycles. The molecule has 35 heavy (non-hydrogen) atoms. The maximum atomic E-state index is 11.2. The highest BCUT2D eigenvalue weighted by atomic mass is 32.1. The third kappa shape index (κ3) is 4.43. The molecule has 0 atom stereocenters. The second-order valence-electron chi connectivity index (χ2n) is 7.86. The molecule has 0 bridgehead atoms. The van der Waals surface area contributed by atoms with Gasteiger partial charge < -0.3 is 10.0 Å². The Bertz CT molecular complexity index is 1540. The third-order valence-corrected chi connectivity index (χ3v) is 6.77. The molecule has 1 N–H and O–H groups in total. The first kappa shape index (κ1) is 22.1. The van der Waals surface area contributed by atoms with E-state index in [0.717, 1.165) is 43.2 Å². The summed E-state index contributed by atoms with van der Waals surface area (Å²) in [4.78, 5) is 15.2. The van der Waals surface area contributed by atoms with Crippen LogP contribution in [0.3, 0.4) is 0 Å². The minimum Gasteiger partial charge on any atom is -0.477 e. The number of benzene rings is 4. The van der Waals surface area contributed by atoms with Crippen molar-refractivity contribution < 1.29 is 9.90 Å². The molecule has 5 aromatic rings. The van der Waals surface area contributed by atoms with E-state index in [4.69, 9.17) is 5.26 Å². The average Bonchev–Trinajstić information content (AvgIpc) is 3.37. The van der Waals surface area contributed by atoms with Crippen LogP contribution in [0, 0.1) is 11.3 Å². The summed E-state index contributed by atoms with van der Waals surface area (Å²) < 4.78 is 0. The average molecular weight is 473 g/mol. The number of carboxylic acids is 1. The number of hydrogen-bond acceptors (Lipinski definition) is 4. The van der Waals surface area contributed by atoms with Crippen molar-refractivity contribution >= 4 is 51.2 Å². The van der Waals surface area contributed by atoms with Crippen LogP contribution in [0.25, 0.3) is 27.3 Å². The number of nitriles is 1. The van der Waals surface area contributed by atoms with Gasteiger partial charge in [-0.25, -0.2) is 4.79 Å². The molecule has 0 unspecified atom stereocenters. The number of rotatable bonds is 6. The van der Waals surface area contributed by atoms with Gasteiger partial charge in [-0.2, -0.15) is 5.26 Å². The Hall–Kier alpha value is -4.66. The lowest BCUT2D eigenvalue weighted by Gasteiger charge is -2.27. The van der Waals surface area contributed by atoms with Gasteiger partial charge in [-0.1, -0.05) is 66.7 Å². The number of anilines is 3. The first-order valence-electron chi connectivity index (χ1n) is 11.0. The summed E-state index contributed by atoms with van der Waals surface area (Å²) in [6.45, 7) is 0. The van der Waals surface area contributed by atoms with Gasteiger partial charge in [0.25, 0.3) is 0 Å². The summed E-state index contributed by atoms with van der Waals surface area (Å²) >= 11 is 1.46. The molecule has 1 heterocycles. The molecular weight excluding hydrogens is 452 g/mol. The SMILES string of the molecule is N#C/C(=C\c1ccc(-c2ccc(N(c3ccccc3)c3ccccc3)c3ccccc23)s1)C(=O)O. The van der Waals surface area contributed by atoms with Crippen molar-refractivity contribution in [3.8, 4) is 16.5 Å². The normalized spacial score (nSPS) is 11.2. The third-order valence-electron chi connectivity index (χ3n) is 5.70. The fourth-order valence-electron chi connectivity index (χ4n) is 4.13. The lowest BCUT2D eigenvalue weighted by atomic mass is 10.00. The second-order valence-corrected chi connectivity index (χ2v) is 8.98. The quantitative estimate of drug-likeness (QED) is 0.201. The molecular formula is C30H20N2O2S. The van der Waals surface area contributed by atoms with Crippen molar-refractivity contribution in [3.05, 3.63) is 120 Å². The Morgan fingerprint density at radius 3 is 1.97 bits per heavy atom. The molecule has 0 aliphatic carbocycles. The zero-order chi connectivity index (χ0) is 24.2. The van der Waals surface area contributed by atoms with Crippen molar-refractivity contribution in [2.24, 2.45) is 0 Å². The summed E-state index contributed by atoms with van der Waals surface area (Å²) in [5, 5.41) is 20.5. The molecule has 4 aromatic carbocycles. The van der Waals surface area contributed by atoms with Crippen LogP contribution >= 0.6 is 11.3 Å². The second kappa shape index (κ2) is 9.68. The zero-order valence-electron chi connectivity index (χ0n) is 18.6. The van der Waals surface area contributed by atoms with E-state index in [-0.39, 0.29) is 5.57 Å². The lowest BCUT2D eigenvalue weighted by Crippen LogP contribution is -2.10.